The normalized spacial score (nSPS) is 28.8. The Morgan fingerprint density at radius 1 is 1.19 bits per heavy atom. The SMILES string of the molecule is CC(C)C(CNC(=O)C1CCC(CN)CC1)N1CCCC1. The molecule has 1 amide bonds. The van der Waals surface area contributed by atoms with Crippen molar-refractivity contribution in [2.75, 3.05) is 26.2 Å². The van der Waals surface area contributed by atoms with Gasteiger partial charge in [-0.3, -0.25) is 9.69 Å². The van der Waals surface area contributed by atoms with Crippen molar-refractivity contribution in [2.45, 2.75) is 58.4 Å². The number of carbonyl (C=O) groups excluding carboxylic acids is 1. The van der Waals surface area contributed by atoms with Gasteiger partial charge in [0.05, 0.1) is 0 Å². The highest BCUT2D eigenvalue weighted by Crippen LogP contribution is 2.28. The first kappa shape index (κ1) is 16.8. The van der Waals surface area contributed by atoms with E-state index in [1.165, 1.54) is 25.9 Å². The topological polar surface area (TPSA) is 58.4 Å². The second kappa shape index (κ2) is 8.14. The van der Waals surface area contributed by atoms with Gasteiger partial charge in [0.15, 0.2) is 0 Å². The van der Waals surface area contributed by atoms with Crippen LogP contribution >= 0.6 is 0 Å². The second-order valence-electron chi connectivity index (χ2n) is 7.25. The van der Waals surface area contributed by atoms with Crippen molar-refractivity contribution in [3.8, 4) is 0 Å². The number of carbonyl (C=O) groups is 1. The van der Waals surface area contributed by atoms with Gasteiger partial charge in [0, 0.05) is 18.5 Å². The number of amides is 1. The van der Waals surface area contributed by atoms with Gasteiger partial charge in [0.2, 0.25) is 5.91 Å². The van der Waals surface area contributed by atoms with Crippen molar-refractivity contribution < 1.29 is 4.79 Å². The summed E-state index contributed by atoms with van der Waals surface area (Å²) in [5.41, 5.74) is 5.72. The first-order chi connectivity index (χ1) is 10.1. The highest BCUT2D eigenvalue weighted by Gasteiger charge is 2.28. The number of nitrogens with two attached hydrogens (primary N) is 1. The Labute approximate surface area is 129 Å². The van der Waals surface area contributed by atoms with E-state index in [9.17, 15) is 4.79 Å². The van der Waals surface area contributed by atoms with Gasteiger partial charge in [-0.25, -0.2) is 0 Å². The maximum absolute atomic E-state index is 12.4. The van der Waals surface area contributed by atoms with Crippen molar-refractivity contribution in [3.63, 3.8) is 0 Å². The molecule has 1 unspecified atom stereocenters. The summed E-state index contributed by atoms with van der Waals surface area (Å²) < 4.78 is 0. The van der Waals surface area contributed by atoms with E-state index in [0.717, 1.165) is 38.8 Å². The molecule has 122 valence electrons. The van der Waals surface area contributed by atoms with Crippen molar-refractivity contribution in [3.05, 3.63) is 0 Å². The molecule has 1 saturated carbocycles. The summed E-state index contributed by atoms with van der Waals surface area (Å²) in [7, 11) is 0. The standard InChI is InChI=1S/C17H33N3O/c1-13(2)16(20-9-3-4-10-20)12-19-17(21)15-7-5-14(11-18)6-8-15/h13-16H,3-12,18H2,1-2H3,(H,19,21). The Hall–Kier alpha value is -0.610. The number of nitrogens with one attached hydrogen (secondary N) is 1. The second-order valence-corrected chi connectivity index (χ2v) is 7.25. The molecule has 3 N–H and O–H groups in total. The van der Waals surface area contributed by atoms with Gasteiger partial charge in [-0.1, -0.05) is 13.8 Å². The van der Waals surface area contributed by atoms with Gasteiger partial charge in [-0.05, 0) is 70.0 Å². The molecule has 4 nitrogen and oxygen atoms in total. The van der Waals surface area contributed by atoms with E-state index in [2.05, 4.69) is 24.1 Å². The molecule has 2 aliphatic rings. The third kappa shape index (κ3) is 4.68. The van der Waals surface area contributed by atoms with Gasteiger partial charge in [-0.15, -0.1) is 0 Å². The predicted molar refractivity (Wildman–Crippen MR) is 86.9 cm³/mol. The number of rotatable bonds is 6. The van der Waals surface area contributed by atoms with E-state index >= 15 is 0 Å². The molecule has 21 heavy (non-hydrogen) atoms. The minimum absolute atomic E-state index is 0.221. The summed E-state index contributed by atoms with van der Waals surface area (Å²) in [6.45, 7) is 8.51. The lowest BCUT2D eigenvalue weighted by Crippen LogP contribution is -2.47. The third-order valence-electron chi connectivity index (χ3n) is 5.42. The summed E-state index contributed by atoms with van der Waals surface area (Å²) >= 11 is 0. The fourth-order valence-electron chi connectivity index (χ4n) is 3.87. The Balaban J connectivity index is 1.76. The molecule has 0 spiro atoms. The van der Waals surface area contributed by atoms with Crippen LogP contribution in [0.2, 0.25) is 0 Å². The highest BCUT2D eigenvalue weighted by atomic mass is 16.1. The van der Waals surface area contributed by atoms with Crippen LogP contribution in [0.3, 0.4) is 0 Å². The summed E-state index contributed by atoms with van der Waals surface area (Å²) in [4.78, 5) is 14.9. The van der Waals surface area contributed by atoms with Gasteiger partial charge in [-0.2, -0.15) is 0 Å². The average molecular weight is 295 g/mol. The van der Waals surface area contributed by atoms with Crippen LogP contribution in [0.15, 0.2) is 0 Å². The smallest absolute Gasteiger partial charge is 0.223 e. The highest BCUT2D eigenvalue weighted by molar-refractivity contribution is 5.78. The molecule has 0 aromatic heterocycles. The molecule has 0 aromatic carbocycles. The van der Waals surface area contributed by atoms with Gasteiger partial charge < -0.3 is 11.1 Å². The van der Waals surface area contributed by atoms with Crippen LogP contribution in [0.5, 0.6) is 0 Å². The average Bonchev–Trinajstić information content (AvgIpc) is 3.01. The van der Waals surface area contributed by atoms with E-state index < -0.39 is 0 Å². The zero-order valence-electron chi connectivity index (χ0n) is 13.8. The molecule has 4 heteroatoms. The lowest BCUT2D eigenvalue weighted by molar-refractivity contribution is -0.126. The minimum atomic E-state index is 0.221. The van der Waals surface area contributed by atoms with Gasteiger partial charge in [0.25, 0.3) is 0 Å². The summed E-state index contributed by atoms with van der Waals surface area (Å²) in [5.74, 6) is 1.73. The summed E-state index contributed by atoms with van der Waals surface area (Å²) in [5, 5.41) is 3.23. The van der Waals surface area contributed by atoms with Crippen LogP contribution in [-0.4, -0.2) is 43.0 Å². The zero-order valence-corrected chi connectivity index (χ0v) is 13.8. The Bertz CT molecular complexity index is 318. The van der Waals surface area contributed by atoms with Crippen molar-refractivity contribution in [1.29, 1.82) is 0 Å². The van der Waals surface area contributed by atoms with Gasteiger partial charge in [0.1, 0.15) is 0 Å². The van der Waals surface area contributed by atoms with E-state index in [1.807, 2.05) is 0 Å². The molecular formula is C17H33N3O. The molecule has 1 atom stereocenters. The minimum Gasteiger partial charge on any atom is -0.354 e. The van der Waals surface area contributed by atoms with Crippen molar-refractivity contribution in [1.82, 2.24) is 10.2 Å². The molecule has 2 rings (SSSR count). The number of hydrogen-bond acceptors (Lipinski definition) is 3. The fourth-order valence-corrected chi connectivity index (χ4v) is 3.87. The number of nitrogens with zero attached hydrogens (tertiary/aromatic N) is 1. The van der Waals surface area contributed by atoms with Crippen LogP contribution in [-0.2, 0) is 4.79 Å². The largest absolute Gasteiger partial charge is 0.354 e. The molecule has 1 aliphatic heterocycles. The maximum Gasteiger partial charge on any atom is 0.223 e. The molecule has 0 bridgehead atoms. The summed E-state index contributed by atoms with van der Waals surface area (Å²) in [6, 6.07) is 0.497. The molecular weight excluding hydrogens is 262 g/mol. The lowest BCUT2D eigenvalue weighted by atomic mass is 9.81. The first-order valence-electron chi connectivity index (χ1n) is 8.83. The number of hydrogen-bond donors (Lipinski definition) is 2. The van der Waals surface area contributed by atoms with E-state index in [-0.39, 0.29) is 11.8 Å². The van der Waals surface area contributed by atoms with Crippen LogP contribution in [0.4, 0.5) is 0 Å². The molecule has 0 radical (unpaired) electrons. The summed E-state index contributed by atoms with van der Waals surface area (Å²) in [6.07, 6.45) is 6.89. The number of likely N-dealkylation sites (tertiary alicyclic amines) is 1. The monoisotopic (exact) mass is 295 g/mol. The van der Waals surface area contributed by atoms with Crippen LogP contribution in [0.25, 0.3) is 0 Å². The predicted octanol–water partition coefficient (Wildman–Crippen LogP) is 1.99. The fraction of sp³-hybridized carbons (Fsp3) is 0.941. The third-order valence-corrected chi connectivity index (χ3v) is 5.42. The Morgan fingerprint density at radius 2 is 1.81 bits per heavy atom. The van der Waals surface area contributed by atoms with Crippen molar-refractivity contribution >= 4 is 5.91 Å². The van der Waals surface area contributed by atoms with Crippen LogP contribution < -0.4 is 11.1 Å². The maximum atomic E-state index is 12.4. The zero-order chi connectivity index (χ0) is 15.2. The van der Waals surface area contributed by atoms with Crippen LogP contribution in [0, 0.1) is 17.8 Å². The molecule has 1 heterocycles. The Kier molecular flexibility index (Phi) is 6.49. The lowest BCUT2D eigenvalue weighted by Gasteiger charge is -2.32. The van der Waals surface area contributed by atoms with Gasteiger partial charge >= 0.3 is 0 Å². The quantitative estimate of drug-likeness (QED) is 0.788. The molecule has 0 aromatic rings. The molecule has 1 aliphatic carbocycles. The Morgan fingerprint density at radius 3 is 2.33 bits per heavy atom. The molecule has 1 saturated heterocycles. The first-order valence-corrected chi connectivity index (χ1v) is 8.83. The molecule has 2 fully saturated rings. The van der Waals surface area contributed by atoms with Crippen molar-refractivity contribution in [2.24, 2.45) is 23.5 Å². The van der Waals surface area contributed by atoms with E-state index in [1.54, 1.807) is 0 Å². The van der Waals surface area contributed by atoms with Crippen LogP contribution in [0.1, 0.15) is 52.4 Å². The van der Waals surface area contributed by atoms with E-state index in [4.69, 9.17) is 5.73 Å². The van der Waals surface area contributed by atoms with E-state index in [0.29, 0.717) is 17.9 Å².